The maximum atomic E-state index is 8.80. The van der Waals surface area contributed by atoms with Crippen LogP contribution in [0.3, 0.4) is 0 Å². The van der Waals surface area contributed by atoms with Crippen molar-refractivity contribution in [3.8, 4) is 0 Å². The molecule has 0 aliphatic rings. The second-order valence-electron chi connectivity index (χ2n) is 5.14. The molecule has 0 fully saturated rings. The highest BCUT2D eigenvalue weighted by Gasteiger charge is 2.10. The number of unbranched alkanes of at least 4 members (excludes halogenated alkanes) is 2. The lowest BCUT2D eigenvalue weighted by atomic mass is 10.1. The fraction of sp³-hybridized carbons (Fsp3) is 0.500. The van der Waals surface area contributed by atoms with E-state index in [1.165, 1.54) is 29.4 Å². The summed E-state index contributed by atoms with van der Waals surface area (Å²) >= 11 is 0. The predicted octanol–water partition coefficient (Wildman–Crippen LogP) is 4.06. The van der Waals surface area contributed by atoms with Gasteiger partial charge in [0.2, 0.25) is 0 Å². The molecule has 0 saturated heterocycles. The summed E-state index contributed by atoms with van der Waals surface area (Å²) in [5.74, 6) is 0. The number of hydrogen-bond acceptors (Lipinski definition) is 1. The van der Waals surface area contributed by atoms with E-state index in [1.807, 2.05) is 0 Å². The molecule has 18 heavy (non-hydrogen) atoms. The number of rotatable bonds is 6. The molecule has 2 rings (SSSR count). The van der Waals surface area contributed by atoms with Crippen LogP contribution in [0.15, 0.2) is 30.3 Å². The number of aliphatic hydroxyl groups is 1. The van der Waals surface area contributed by atoms with E-state index in [9.17, 15) is 0 Å². The highest BCUT2D eigenvalue weighted by atomic mass is 16.2. The zero-order valence-corrected chi connectivity index (χ0v) is 11.4. The summed E-state index contributed by atoms with van der Waals surface area (Å²) in [4.78, 5) is 0. The van der Waals surface area contributed by atoms with Crippen LogP contribution >= 0.6 is 0 Å². The maximum Gasteiger partial charge on any atom is 0.0484 e. The van der Waals surface area contributed by atoms with E-state index >= 15 is 0 Å². The third kappa shape index (κ3) is 2.75. The zero-order valence-electron chi connectivity index (χ0n) is 11.4. The Bertz CT molecular complexity index is 501. The average molecular weight is 245 g/mol. The summed E-state index contributed by atoms with van der Waals surface area (Å²) in [7, 11) is 0. The van der Waals surface area contributed by atoms with Gasteiger partial charge in [-0.2, -0.15) is 0 Å². The Labute approximate surface area is 109 Å². The molecule has 0 radical (unpaired) electrons. The fourth-order valence-electron chi connectivity index (χ4n) is 2.76. The van der Waals surface area contributed by atoms with Gasteiger partial charge in [0.05, 0.1) is 0 Å². The molecule has 1 aromatic heterocycles. The molecular weight excluding hydrogens is 222 g/mol. The quantitative estimate of drug-likeness (QED) is 0.763. The van der Waals surface area contributed by atoms with E-state index < -0.39 is 0 Å². The van der Waals surface area contributed by atoms with Gasteiger partial charge in [0.1, 0.15) is 0 Å². The van der Waals surface area contributed by atoms with Crippen LogP contribution in [0.2, 0.25) is 0 Å². The Hall–Kier alpha value is -1.28. The Kier molecular flexibility index (Phi) is 4.43. The number of benzene rings is 1. The van der Waals surface area contributed by atoms with Crippen LogP contribution in [0.1, 0.15) is 44.3 Å². The monoisotopic (exact) mass is 245 g/mol. The minimum atomic E-state index is 0.319. The highest BCUT2D eigenvalue weighted by molar-refractivity contribution is 5.81. The van der Waals surface area contributed by atoms with Crippen LogP contribution in [-0.4, -0.2) is 16.3 Å². The van der Waals surface area contributed by atoms with Crippen LogP contribution < -0.4 is 0 Å². The van der Waals surface area contributed by atoms with E-state index in [-0.39, 0.29) is 0 Å². The van der Waals surface area contributed by atoms with Gasteiger partial charge < -0.3 is 9.67 Å². The second kappa shape index (κ2) is 6.05. The SMILES string of the molecule is Cc1cc2ccccc2n1C(C)CCCCCO. The first-order valence-corrected chi connectivity index (χ1v) is 6.91. The van der Waals surface area contributed by atoms with E-state index in [0.717, 1.165) is 12.8 Å². The number of fused-ring (bicyclic) bond motifs is 1. The topological polar surface area (TPSA) is 25.2 Å². The summed E-state index contributed by atoms with van der Waals surface area (Å²) in [6.07, 6.45) is 4.42. The maximum absolute atomic E-state index is 8.80. The smallest absolute Gasteiger partial charge is 0.0484 e. The third-order valence-electron chi connectivity index (χ3n) is 3.66. The molecule has 0 aliphatic heterocycles. The van der Waals surface area contributed by atoms with E-state index in [4.69, 9.17) is 5.11 Å². The molecule has 1 unspecified atom stereocenters. The number of hydrogen-bond donors (Lipinski definition) is 1. The number of aliphatic hydroxyl groups excluding tert-OH is 1. The first-order valence-electron chi connectivity index (χ1n) is 6.91. The lowest BCUT2D eigenvalue weighted by Crippen LogP contribution is -2.06. The van der Waals surface area contributed by atoms with Crippen LogP contribution in [0, 0.1) is 6.92 Å². The molecule has 0 spiro atoms. The molecular formula is C16H23NO. The van der Waals surface area contributed by atoms with Crippen molar-refractivity contribution in [2.75, 3.05) is 6.61 Å². The van der Waals surface area contributed by atoms with Crippen molar-refractivity contribution in [2.45, 2.75) is 45.6 Å². The second-order valence-corrected chi connectivity index (χ2v) is 5.14. The Morgan fingerprint density at radius 2 is 1.94 bits per heavy atom. The summed E-state index contributed by atoms with van der Waals surface area (Å²) in [5.41, 5.74) is 2.68. The molecule has 2 aromatic rings. The molecule has 0 aliphatic carbocycles. The molecule has 1 atom stereocenters. The van der Waals surface area contributed by atoms with E-state index in [1.54, 1.807) is 0 Å². The first kappa shape index (κ1) is 13.2. The average Bonchev–Trinajstić information content (AvgIpc) is 2.70. The summed E-state index contributed by atoms with van der Waals surface area (Å²) in [6.45, 7) is 4.79. The fourth-order valence-corrected chi connectivity index (χ4v) is 2.76. The summed E-state index contributed by atoms with van der Waals surface area (Å²) in [5, 5.41) is 10.1. The van der Waals surface area contributed by atoms with Crippen LogP contribution in [0.4, 0.5) is 0 Å². The molecule has 2 nitrogen and oxygen atoms in total. The Morgan fingerprint density at radius 3 is 2.72 bits per heavy atom. The van der Waals surface area contributed by atoms with Gasteiger partial charge in [-0.3, -0.25) is 0 Å². The van der Waals surface area contributed by atoms with Gasteiger partial charge in [-0.1, -0.05) is 31.0 Å². The van der Waals surface area contributed by atoms with Gasteiger partial charge in [-0.15, -0.1) is 0 Å². The van der Waals surface area contributed by atoms with Crippen molar-refractivity contribution >= 4 is 10.9 Å². The van der Waals surface area contributed by atoms with Gasteiger partial charge >= 0.3 is 0 Å². The van der Waals surface area contributed by atoms with E-state index in [2.05, 4.69) is 48.7 Å². The van der Waals surface area contributed by atoms with Crippen LogP contribution in [-0.2, 0) is 0 Å². The van der Waals surface area contributed by atoms with Crippen molar-refractivity contribution in [3.63, 3.8) is 0 Å². The summed E-state index contributed by atoms with van der Waals surface area (Å²) < 4.78 is 2.44. The molecule has 0 bridgehead atoms. The normalized spacial score (nSPS) is 13.1. The number of aryl methyl sites for hydroxylation is 1. The van der Waals surface area contributed by atoms with Gasteiger partial charge in [0.25, 0.3) is 0 Å². The van der Waals surface area contributed by atoms with Gasteiger partial charge in [0.15, 0.2) is 0 Å². The molecule has 2 heteroatoms. The molecule has 1 N–H and O–H groups in total. The zero-order chi connectivity index (χ0) is 13.0. The van der Waals surface area contributed by atoms with E-state index in [0.29, 0.717) is 12.6 Å². The van der Waals surface area contributed by atoms with Crippen LogP contribution in [0.5, 0.6) is 0 Å². The molecule has 1 heterocycles. The first-order chi connectivity index (χ1) is 8.74. The van der Waals surface area contributed by atoms with Gasteiger partial charge in [-0.05, 0) is 44.2 Å². The minimum absolute atomic E-state index is 0.319. The standard InChI is InChI=1S/C16H23NO/c1-13(8-4-3-7-11-18)17-14(2)12-15-9-5-6-10-16(15)17/h5-6,9-10,12-13,18H,3-4,7-8,11H2,1-2H3. The lowest BCUT2D eigenvalue weighted by Gasteiger charge is -2.17. The van der Waals surface area contributed by atoms with Crippen molar-refractivity contribution in [1.82, 2.24) is 4.57 Å². The minimum Gasteiger partial charge on any atom is -0.396 e. The lowest BCUT2D eigenvalue weighted by molar-refractivity contribution is 0.281. The third-order valence-corrected chi connectivity index (χ3v) is 3.66. The van der Waals surface area contributed by atoms with Gasteiger partial charge in [0, 0.05) is 23.9 Å². The van der Waals surface area contributed by atoms with Crippen molar-refractivity contribution < 1.29 is 5.11 Å². The molecule has 0 amide bonds. The summed E-state index contributed by atoms with van der Waals surface area (Å²) in [6, 6.07) is 11.4. The Balaban J connectivity index is 2.12. The number of para-hydroxylation sites is 1. The predicted molar refractivity (Wildman–Crippen MR) is 76.9 cm³/mol. The molecule has 0 saturated carbocycles. The van der Waals surface area contributed by atoms with Gasteiger partial charge in [-0.25, -0.2) is 0 Å². The molecule has 1 aromatic carbocycles. The Morgan fingerprint density at radius 1 is 1.17 bits per heavy atom. The number of nitrogens with zero attached hydrogens (tertiary/aromatic N) is 1. The highest BCUT2D eigenvalue weighted by Crippen LogP contribution is 2.26. The molecule has 98 valence electrons. The van der Waals surface area contributed by atoms with Crippen molar-refractivity contribution in [2.24, 2.45) is 0 Å². The van der Waals surface area contributed by atoms with Crippen LogP contribution in [0.25, 0.3) is 10.9 Å². The largest absolute Gasteiger partial charge is 0.396 e. The van der Waals surface area contributed by atoms with Crippen molar-refractivity contribution in [3.05, 3.63) is 36.0 Å². The van der Waals surface area contributed by atoms with Crippen molar-refractivity contribution in [1.29, 1.82) is 0 Å². The number of aromatic nitrogens is 1.